The highest BCUT2D eigenvalue weighted by Gasteiger charge is 2.13. The van der Waals surface area contributed by atoms with E-state index in [9.17, 15) is 4.79 Å². The molecule has 0 aliphatic rings. The number of ether oxygens (including phenoxy) is 2. The van der Waals surface area contributed by atoms with Crippen molar-refractivity contribution in [3.8, 4) is 34.1 Å². The Kier molecular flexibility index (Phi) is 6.87. The molecule has 0 saturated heterocycles. The minimum Gasteiger partial charge on any atom is -0.497 e. The number of aryl methyl sites for hydroxylation is 2. The van der Waals surface area contributed by atoms with E-state index in [1.807, 2.05) is 43.3 Å². The number of hydrogen-bond donors (Lipinski definition) is 0. The molecular formula is C26H25NO3. The highest BCUT2D eigenvalue weighted by molar-refractivity contribution is 5.77. The Morgan fingerprint density at radius 2 is 1.77 bits per heavy atom. The van der Waals surface area contributed by atoms with Gasteiger partial charge < -0.3 is 9.47 Å². The molecular weight excluding hydrogens is 374 g/mol. The average Bonchev–Trinajstić information content (AvgIpc) is 2.78. The van der Waals surface area contributed by atoms with E-state index in [1.165, 1.54) is 0 Å². The normalized spacial score (nSPS) is 10.3. The molecule has 4 nitrogen and oxygen atoms in total. The lowest BCUT2D eigenvalue weighted by Crippen LogP contribution is -2.06. The minimum absolute atomic E-state index is 0.198. The molecule has 0 bridgehead atoms. The summed E-state index contributed by atoms with van der Waals surface area (Å²) in [6.45, 7) is 4.27. The van der Waals surface area contributed by atoms with Crippen LogP contribution in [-0.2, 0) is 16.0 Å². The molecule has 0 aromatic heterocycles. The Balaban J connectivity index is 1.96. The van der Waals surface area contributed by atoms with Crippen LogP contribution in [0.2, 0.25) is 0 Å². The standard InChI is InChI=1S/C26H25NO3/c1-4-30-26(28)13-9-22-16-23(29-3)10-12-25(22)24-11-8-21(14-18(24)2)20-7-5-6-19(15-20)17-27/h5-8,10-12,14-16H,4,9,13H2,1-3H3. The molecule has 0 N–H and O–H groups in total. The summed E-state index contributed by atoms with van der Waals surface area (Å²) in [6, 6.07) is 22.0. The topological polar surface area (TPSA) is 59.3 Å². The summed E-state index contributed by atoms with van der Waals surface area (Å²) >= 11 is 0. The summed E-state index contributed by atoms with van der Waals surface area (Å²) in [5.74, 6) is 0.566. The fourth-order valence-electron chi connectivity index (χ4n) is 3.55. The SMILES string of the molecule is CCOC(=O)CCc1cc(OC)ccc1-c1ccc(-c2cccc(C#N)c2)cc1C. The van der Waals surface area contributed by atoms with Gasteiger partial charge in [-0.2, -0.15) is 5.26 Å². The molecule has 0 aliphatic carbocycles. The Morgan fingerprint density at radius 3 is 2.47 bits per heavy atom. The number of esters is 1. The molecule has 0 spiro atoms. The van der Waals surface area contributed by atoms with E-state index in [-0.39, 0.29) is 5.97 Å². The van der Waals surface area contributed by atoms with Crippen LogP contribution in [-0.4, -0.2) is 19.7 Å². The average molecular weight is 399 g/mol. The van der Waals surface area contributed by atoms with Gasteiger partial charge in [-0.15, -0.1) is 0 Å². The lowest BCUT2D eigenvalue weighted by Gasteiger charge is -2.15. The Labute approximate surface area is 177 Å². The molecule has 0 fully saturated rings. The largest absolute Gasteiger partial charge is 0.497 e. The second-order valence-electron chi connectivity index (χ2n) is 7.05. The van der Waals surface area contributed by atoms with E-state index in [2.05, 4.69) is 31.2 Å². The first-order chi connectivity index (χ1) is 14.5. The molecule has 0 amide bonds. The van der Waals surface area contributed by atoms with E-state index >= 15 is 0 Å². The van der Waals surface area contributed by atoms with Crippen LogP contribution in [0.25, 0.3) is 22.3 Å². The van der Waals surface area contributed by atoms with Crippen LogP contribution in [0.4, 0.5) is 0 Å². The first-order valence-electron chi connectivity index (χ1n) is 9.99. The van der Waals surface area contributed by atoms with Crippen LogP contribution in [0.1, 0.15) is 30.0 Å². The summed E-state index contributed by atoms with van der Waals surface area (Å²) < 4.78 is 10.5. The van der Waals surface area contributed by atoms with Crippen molar-refractivity contribution in [3.63, 3.8) is 0 Å². The van der Waals surface area contributed by atoms with Gasteiger partial charge >= 0.3 is 5.97 Å². The maximum Gasteiger partial charge on any atom is 0.306 e. The Hall–Kier alpha value is -3.58. The number of hydrogen-bond acceptors (Lipinski definition) is 4. The lowest BCUT2D eigenvalue weighted by molar-refractivity contribution is -0.143. The third kappa shape index (κ3) is 4.87. The van der Waals surface area contributed by atoms with Crippen LogP contribution in [0.5, 0.6) is 5.75 Å². The molecule has 152 valence electrons. The van der Waals surface area contributed by atoms with Crippen LogP contribution in [0.3, 0.4) is 0 Å². The quantitative estimate of drug-likeness (QED) is 0.478. The van der Waals surface area contributed by atoms with Gasteiger partial charge in [-0.05, 0) is 77.9 Å². The second kappa shape index (κ2) is 9.76. The van der Waals surface area contributed by atoms with Gasteiger partial charge in [-0.1, -0.05) is 36.4 Å². The summed E-state index contributed by atoms with van der Waals surface area (Å²) in [7, 11) is 1.64. The lowest BCUT2D eigenvalue weighted by atomic mass is 9.91. The fraction of sp³-hybridized carbons (Fsp3) is 0.231. The van der Waals surface area contributed by atoms with Crippen LogP contribution in [0.15, 0.2) is 60.7 Å². The van der Waals surface area contributed by atoms with Gasteiger partial charge in [0.2, 0.25) is 0 Å². The first-order valence-corrected chi connectivity index (χ1v) is 9.99. The van der Waals surface area contributed by atoms with Gasteiger partial charge in [0.15, 0.2) is 0 Å². The van der Waals surface area contributed by atoms with Crippen LogP contribution < -0.4 is 4.74 Å². The van der Waals surface area contributed by atoms with Gasteiger partial charge in [0.25, 0.3) is 0 Å². The minimum atomic E-state index is -0.198. The molecule has 4 heteroatoms. The van der Waals surface area contributed by atoms with Crippen molar-refractivity contribution in [2.24, 2.45) is 0 Å². The third-order valence-corrected chi connectivity index (χ3v) is 5.06. The van der Waals surface area contributed by atoms with Crippen LogP contribution in [0, 0.1) is 18.3 Å². The number of methoxy groups -OCH3 is 1. The summed E-state index contributed by atoms with van der Waals surface area (Å²) in [5.41, 5.74) is 7.08. The van der Waals surface area contributed by atoms with Gasteiger partial charge in [0, 0.05) is 6.42 Å². The van der Waals surface area contributed by atoms with Crippen molar-refractivity contribution < 1.29 is 14.3 Å². The zero-order valence-electron chi connectivity index (χ0n) is 17.6. The van der Waals surface area contributed by atoms with Crippen molar-refractivity contribution in [2.45, 2.75) is 26.7 Å². The second-order valence-corrected chi connectivity index (χ2v) is 7.05. The number of nitrogens with zero attached hydrogens (tertiary/aromatic N) is 1. The molecule has 3 aromatic carbocycles. The number of carbonyl (C=O) groups is 1. The highest BCUT2D eigenvalue weighted by Crippen LogP contribution is 2.33. The summed E-state index contributed by atoms with van der Waals surface area (Å²) in [5, 5.41) is 9.16. The molecule has 3 aromatic rings. The number of benzene rings is 3. The maximum absolute atomic E-state index is 11.9. The highest BCUT2D eigenvalue weighted by atomic mass is 16.5. The molecule has 3 rings (SSSR count). The molecule has 0 radical (unpaired) electrons. The van der Waals surface area contributed by atoms with Gasteiger partial charge in [-0.25, -0.2) is 0 Å². The van der Waals surface area contributed by atoms with E-state index in [1.54, 1.807) is 13.2 Å². The van der Waals surface area contributed by atoms with Gasteiger partial charge in [0.1, 0.15) is 5.75 Å². The van der Waals surface area contributed by atoms with E-state index in [4.69, 9.17) is 14.7 Å². The van der Waals surface area contributed by atoms with Crippen molar-refractivity contribution in [2.75, 3.05) is 13.7 Å². The number of carbonyl (C=O) groups excluding carboxylic acids is 1. The molecule has 0 saturated carbocycles. The summed E-state index contributed by atoms with van der Waals surface area (Å²) in [6.07, 6.45) is 0.906. The van der Waals surface area contributed by atoms with Crippen LogP contribution >= 0.6 is 0 Å². The Morgan fingerprint density at radius 1 is 1.00 bits per heavy atom. The molecule has 0 unspecified atom stereocenters. The summed E-state index contributed by atoms with van der Waals surface area (Å²) in [4.78, 5) is 11.9. The maximum atomic E-state index is 11.9. The zero-order valence-corrected chi connectivity index (χ0v) is 17.6. The Bertz CT molecular complexity index is 1100. The number of rotatable bonds is 7. The van der Waals surface area contributed by atoms with E-state index < -0.39 is 0 Å². The molecule has 30 heavy (non-hydrogen) atoms. The third-order valence-electron chi connectivity index (χ3n) is 5.06. The smallest absolute Gasteiger partial charge is 0.306 e. The molecule has 0 atom stereocenters. The van der Waals surface area contributed by atoms with Crippen molar-refractivity contribution in [1.82, 2.24) is 0 Å². The predicted molar refractivity (Wildman–Crippen MR) is 118 cm³/mol. The number of nitriles is 1. The monoisotopic (exact) mass is 399 g/mol. The molecule has 0 heterocycles. The van der Waals surface area contributed by atoms with Gasteiger partial charge in [-0.3, -0.25) is 4.79 Å². The first kappa shape index (κ1) is 21.1. The van der Waals surface area contributed by atoms with Gasteiger partial charge in [0.05, 0.1) is 25.3 Å². The van der Waals surface area contributed by atoms with Crippen molar-refractivity contribution in [1.29, 1.82) is 5.26 Å². The van der Waals surface area contributed by atoms with E-state index in [0.717, 1.165) is 39.1 Å². The van der Waals surface area contributed by atoms with E-state index in [0.29, 0.717) is 25.0 Å². The predicted octanol–water partition coefficient (Wildman–Crippen LogP) is 5.71. The zero-order chi connectivity index (χ0) is 21.5. The van der Waals surface area contributed by atoms with Crippen molar-refractivity contribution in [3.05, 3.63) is 77.4 Å². The van der Waals surface area contributed by atoms with Crippen molar-refractivity contribution >= 4 is 5.97 Å². The molecule has 0 aliphatic heterocycles. The fourth-order valence-corrected chi connectivity index (χ4v) is 3.55.